The van der Waals surface area contributed by atoms with Crippen LogP contribution in [0.15, 0.2) is 53.6 Å². The number of carbonyl (C=O) groups is 1. The molecule has 0 N–H and O–H groups in total. The predicted octanol–water partition coefficient (Wildman–Crippen LogP) is 3.53. The molecular weight excluding hydrogens is 346 g/mol. The van der Waals surface area contributed by atoms with Crippen LogP contribution in [0.25, 0.3) is 10.9 Å². The van der Waals surface area contributed by atoms with Gasteiger partial charge in [-0.05, 0) is 24.5 Å². The Morgan fingerprint density at radius 2 is 1.93 bits per heavy atom. The van der Waals surface area contributed by atoms with E-state index in [1.54, 1.807) is 12.1 Å². The van der Waals surface area contributed by atoms with Gasteiger partial charge in [-0.25, -0.2) is 4.98 Å². The van der Waals surface area contributed by atoms with E-state index in [4.69, 9.17) is 0 Å². The molecule has 0 spiro atoms. The van der Waals surface area contributed by atoms with E-state index in [1.165, 1.54) is 34.7 Å². The highest BCUT2D eigenvalue weighted by atomic mass is 16.6. The number of nitrogens with zero attached hydrogens (tertiary/aromatic N) is 3. The highest BCUT2D eigenvalue weighted by Crippen LogP contribution is 2.16. The molecule has 0 aliphatic heterocycles. The van der Waals surface area contributed by atoms with Crippen molar-refractivity contribution >= 4 is 22.4 Å². The first-order chi connectivity index (χ1) is 13.0. The zero-order valence-corrected chi connectivity index (χ0v) is 14.9. The molecule has 7 heteroatoms. The van der Waals surface area contributed by atoms with E-state index in [0.717, 1.165) is 19.3 Å². The Bertz CT molecular complexity index is 1060. The summed E-state index contributed by atoms with van der Waals surface area (Å²) in [5.41, 5.74) is 1.38. The SMILES string of the molecule is CCCCc1ccc(C(=O)Cn2cnc3ccc([N+](=O)[O-])cc3c2=O)cc1. The van der Waals surface area contributed by atoms with Crippen molar-refractivity contribution in [1.82, 2.24) is 9.55 Å². The molecule has 0 saturated carbocycles. The number of Topliss-reactive ketones (excluding diaryl/α,β-unsaturated/α-hetero) is 1. The standard InChI is InChI=1S/C20H19N3O4/c1-2-3-4-14-5-7-15(8-6-14)19(24)12-22-13-21-18-10-9-16(23(26)27)11-17(18)20(22)25/h5-11,13H,2-4,12H2,1H3. The van der Waals surface area contributed by atoms with Crippen molar-refractivity contribution in [1.29, 1.82) is 0 Å². The van der Waals surface area contributed by atoms with Crippen LogP contribution in [0.3, 0.4) is 0 Å². The van der Waals surface area contributed by atoms with Crippen molar-refractivity contribution in [3.63, 3.8) is 0 Å². The van der Waals surface area contributed by atoms with Gasteiger partial charge in [0, 0.05) is 17.7 Å². The van der Waals surface area contributed by atoms with Crippen molar-refractivity contribution in [3.8, 4) is 0 Å². The topological polar surface area (TPSA) is 95.1 Å². The zero-order valence-electron chi connectivity index (χ0n) is 14.9. The van der Waals surface area contributed by atoms with Crippen molar-refractivity contribution in [2.45, 2.75) is 32.7 Å². The largest absolute Gasteiger partial charge is 0.292 e. The predicted molar refractivity (Wildman–Crippen MR) is 102 cm³/mol. The summed E-state index contributed by atoms with van der Waals surface area (Å²) in [7, 11) is 0. The van der Waals surface area contributed by atoms with Crippen molar-refractivity contribution in [2.75, 3.05) is 0 Å². The summed E-state index contributed by atoms with van der Waals surface area (Å²) < 4.78 is 1.18. The smallest absolute Gasteiger partial charge is 0.270 e. The Kier molecular flexibility index (Phi) is 5.40. The normalized spacial score (nSPS) is 10.9. The Labute approximate surface area is 155 Å². The van der Waals surface area contributed by atoms with Crippen molar-refractivity contribution < 1.29 is 9.72 Å². The number of carbonyl (C=O) groups excluding carboxylic acids is 1. The molecule has 3 aromatic rings. The Morgan fingerprint density at radius 1 is 1.19 bits per heavy atom. The number of hydrogen-bond donors (Lipinski definition) is 0. The molecule has 138 valence electrons. The number of hydrogen-bond acceptors (Lipinski definition) is 5. The number of non-ortho nitro benzene ring substituents is 1. The average Bonchev–Trinajstić information content (AvgIpc) is 2.68. The van der Waals surface area contributed by atoms with Gasteiger partial charge in [0.1, 0.15) is 0 Å². The lowest BCUT2D eigenvalue weighted by molar-refractivity contribution is -0.384. The quantitative estimate of drug-likeness (QED) is 0.363. The Hall–Kier alpha value is -3.35. The molecule has 1 heterocycles. The second-order valence-electron chi connectivity index (χ2n) is 6.36. The third-order valence-electron chi connectivity index (χ3n) is 4.43. The molecule has 0 radical (unpaired) electrons. The van der Waals surface area contributed by atoms with E-state index in [9.17, 15) is 19.7 Å². The van der Waals surface area contributed by atoms with Crippen LogP contribution >= 0.6 is 0 Å². The Morgan fingerprint density at radius 3 is 2.59 bits per heavy atom. The molecule has 0 bridgehead atoms. The molecule has 0 unspecified atom stereocenters. The number of ketones is 1. The van der Waals surface area contributed by atoms with Crippen molar-refractivity contribution in [3.05, 3.63) is 80.4 Å². The van der Waals surface area contributed by atoms with Gasteiger partial charge in [0.05, 0.1) is 28.7 Å². The van der Waals surface area contributed by atoms with Crippen LogP contribution in [0.5, 0.6) is 0 Å². The molecule has 0 fully saturated rings. The molecular formula is C20H19N3O4. The number of fused-ring (bicyclic) bond motifs is 1. The summed E-state index contributed by atoms with van der Waals surface area (Å²) in [5.74, 6) is -0.217. The first-order valence-electron chi connectivity index (χ1n) is 8.75. The van der Waals surface area contributed by atoms with Crippen LogP contribution in [0, 0.1) is 10.1 Å². The van der Waals surface area contributed by atoms with Crippen molar-refractivity contribution in [2.24, 2.45) is 0 Å². The third kappa shape index (κ3) is 4.08. The second-order valence-corrected chi connectivity index (χ2v) is 6.36. The van der Waals surface area contributed by atoms with E-state index in [0.29, 0.717) is 11.1 Å². The van der Waals surface area contributed by atoms with Crippen LogP contribution < -0.4 is 5.56 Å². The van der Waals surface area contributed by atoms with Gasteiger partial charge in [-0.2, -0.15) is 0 Å². The molecule has 1 aromatic heterocycles. The monoisotopic (exact) mass is 365 g/mol. The number of aromatic nitrogens is 2. The number of unbranched alkanes of at least 4 members (excludes halogenated alkanes) is 1. The fourth-order valence-corrected chi connectivity index (χ4v) is 2.86. The van der Waals surface area contributed by atoms with Crippen LogP contribution in [0.1, 0.15) is 35.7 Å². The molecule has 0 aliphatic carbocycles. The lowest BCUT2D eigenvalue weighted by Crippen LogP contribution is -2.24. The van der Waals surface area contributed by atoms with Gasteiger partial charge in [0.2, 0.25) is 0 Å². The van der Waals surface area contributed by atoms with Gasteiger partial charge in [-0.1, -0.05) is 37.6 Å². The van der Waals surface area contributed by atoms with Gasteiger partial charge in [0.25, 0.3) is 11.2 Å². The van der Waals surface area contributed by atoms with E-state index >= 15 is 0 Å². The summed E-state index contributed by atoms with van der Waals surface area (Å²) in [6.45, 7) is 1.96. The van der Waals surface area contributed by atoms with E-state index in [2.05, 4.69) is 11.9 Å². The fourth-order valence-electron chi connectivity index (χ4n) is 2.86. The molecule has 0 atom stereocenters. The van der Waals surface area contributed by atoms with E-state index in [1.807, 2.05) is 12.1 Å². The van der Waals surface area contributed by atoms with Gasteiger partial charge in [-0.3, -0.25) is 24.3 Å². The summed E-state index contributed by atoms with van der Waals surface area (Å²) >= 11 is 0. The maximum atomic E-state index is 12.6. The van der Waals surface area contributed by atoms with Gasteiger partial charge in [0.15, 0.2) is 5.78 Å². The number of nitro benzene ring substituents is 1. The lowest BCUT2D eigenvalue weighted by Gasteiger charge is -2.07. The van der Waals surface area contributed by atoms with Gasteiger partial charge in [-0.15, -0.1) is 0 Å². The van der Waals surface area contributed by atoms with E-state index in [-0.39, 0.29) is 23.4 Å². The molecule has 7 nitrogen and oxygen atoms in total. The van der Waals surface area contributed by atoms with E-state index < -0.39 is 10.5 Å². The van der Waals surface area contributed by atoms with Gasteiger partial charge < -0.3 is 0 Å². The summed E-state index contributed by atoms with van der Waals surface area (Å²) in [6, 6.07) is 11.3. The minimum absolute atomic E-state index is 0.120. The van der Waals surface area contributed by atoms with Crippen LogP contribution in [0.2, 0.25) is 0 Å². The first-order valence-corrected chi connectivity index (χ1v) is 8.75. The number of benzene rings is 2. The molecule has 0 saturated heterocycles. The molecule has 0 aliphatic rings. The molecule has 2 aromatic carbocycles. The minimum Gasteiger partial charge on any atom is -0.292 e. The number of rotatable bonds is 7. The second kappa shape index (κ2) is 7.90. The summed E-state index contributed by atoms with van der Waals surface area (Å²) in [4.78, 5) is 39.6. The number of nitro groups is 1. The summed E-state index contributed by atoms with van der Waals surface area (Å²) in [5, 5.41) is 11.0. The van der Waals surface area contributed by atoms with Crippen LogP contribution in [-0.2, 0) is 13.0 Å². The maximum absolute atomic E-state index is 12.6. The van der Waals surface area contributed by atoms with Gasteiger partial charge >= 0.3 is 0 Å². The highest BCUT2D eigenvalue weighted by molar-refractivity contribution is 5.96. The Balaban J connectivity index is 1.85. The van der Waals surface area contributed by atoms with Crippen LogP contribution in [-0.4, -0.2) is 20.3 Å². The molecule has 3 rings (SSSR count). The molecule has 27 heavy (non-hydrogen) atoms. The average molecular weight is 365 g/mol. The third-order valence-corrected chi connectivity index (χ3v) is 4.43. The maximum Gasteiger partial charge on any atom is 0.270 e. The zero-order chi connectivity index (χ0) is 19.4. The van der Waals surface area contributed by atoms with Crippen LogP contribution in [0.4, 0.5) is 5.69 Å². The summed E-state index contributed by atoms with van der Waals surface area (Å²) in [6.07, 6.45) is 4.47. The lowest BCUT2D eigenvalue weighted by atomic mass is 10.0. The highest BCUT2D eigenvalue weighted by Gasteiger charge is 2.13. The first kappa shape index (κ1) is 18.4. The number of aryl methyl sites for hydroxylation is 1. The minimum atomic E-state index is -0.568. The fraction of sp³-hybridized carbons (Fsp3) is 0.250. The molecule has 0 amide bonds.